The quantitative estimate of drug-likeness (QED) is 0.846. The molecule has 0 N–H and O–H groups in total. The van der Waals surface area contributed by atoms with Gasteiger partial charge in [0.2, 0.25) is 0 Å². The van der Waals surface area contributed by atoms with Gasteiger partial charge in [-0.05, 0) is 41.4 Å². The number of methoxy groups -OCH3 is 2. The summed E-state index contributed by atoms with van der Waals surface area (Å²) >= 11 is 5.11. The molecule has 1 aromatic carbocycles. The van der Waals surface area contributed by atoms with Gasteiger partial charge in [-0.3, -0.25) is 0 Å². The Bertz CT molecular complexity index is 561. The van der Waals surface area contributed by atoms with Gasteiger partial charge in [0.25, 0.3) is 0 Å². The van der Waals surface area contributed by atoms with Crippen molar-refractivity contribution in [1.29, 1.82) is 0 Å². The fourth-order valence-corrected chi connectivity index (χ4v) is 3.22. The zero-order valence-corrected chi connectivity index (χ0v) is 13.1. The van der Waals surface area contributed by atoms with E-state index in [9.17, 15) is 0 Å². The van der Waals surface area contributed by atoms with Crippen LogP contribution in [0.5, 0.6) is 11.5 Å². The molecule has 5 heteroatoms. The lowest BCUT2D eigenvalue weighted by molar-refractivity contribution is 0.395. The van der Waals surface area contributed by atoms with Gasteiger partial charge in [-0.15, -0.1) is 11.3 Å². The number of rotatable bonds is 3. The molecular weight excluding hydrogens is 314 g/mol. The highest BCUT2D eigenvalue weighted by Crippen LogP contribution is 2.40. The molecule has 3 nitrogen and oxygen atoms in total. The summed E-state index contributed by atoms with van der Waals surface area (Å²) in [6.45, 7) is 4.01. The SMILES string of the molecule is COc1cc(C)c(-c2nc(C)c(Br)s2)c(OC)c1. The normalized spacial score (nSPS) is 10.5. The molecule has 0 aliphatic rings. The molecule has 2 aromatic rings. The molecule has 0 fully saturated rings. The minimum atomic E-state index is 0.785. The Morgan fingerprint density at radius 3 is 2.39 bits per heavy atom. The van der Waals surface area contributed by atoms with E-state index >= 15 is 0 Å². The predicted molar refractivity (Wildman–Crippen MR) is 77.8 cm³/mol. The van der Waals surface area contributed by atoms with Crippen LogP contribution >= 0.6 is 27.3 Å². The minimum absolute atomic E-state index is 0.785. The highest BCUT2D eigenvalue weighted by molar-refractivity contribution is 9.11. The van der Waals surface area contributed by atoms with Gasteiger partial charge in [-0.2, -0.15) is 0 Å². The second-order valence-electron chi connectivity index (χ2n) is 3.90. The minimum Gasteiger partial charge on any atom is -0.497 e. The van der Waals surface area contributed by atoms with E-state index in [1.54, 1.807) is 25.6 Å². The molecule has 0 spiro atoms. The van der Waals surface area contributed by atoms with Gasteiger partial charge in [0.15, 0.2) is 0 Å². The van der Waals surface area contributed by atoms with Crippen LogP contribution in [0.25, 0.3) is 10.6 Å². The molecule has 0 amide bonds. The summed E-state index contributed by atoms with van der Waals surface area (Å²) in [5.74, 6) is 1.58. The van der Waals surface area contributed by atoms with Gasteiger partial charge in [-0.1, -0.05) is 0 Å². The third-order valence-corrected chi connectivity index (χ3v) is 4.71. The third kappa shape index (κ3) is 2.37. The summed E-state index contributed by atoms with van der Waals surface area (Å²) in [5.41, 5.74) is 3.11. The topological polar surface area (TPSA) is 31.4 Å². The molecule has 2 rings (SSSR count). The van der Waals surface area contributed by atoms with Gasteiger partial charge < -0.3 is 9.47 Å². The number of hydrogen-bond acceptors (Lipinski definition) is 4. The zero-order chi connectivity index (χ0) is 13.3. The van der Waals surface area contributed by atoms with E-state index in [0.717, 1.165) is 37.1 Å². The van der Waals surface area contributed by atoms with Gasteiger partial charge in [-0.25, -0.2) is 4.98 Å². The highest BCUT2D eigenvalue weighted by atomic mass is 79.9. The van der Waals surface area contributed by atoms with Crippen LogP contribution in [0.4, 0.5) is 0 Å². The largest absolute Gasteiger partial charge is 0.497 e. The molecule has 0 saturated carbocycles. The third-order valence-electron chi connectivity index (χ3n) is 2.68. The summed E-state index contributed by atoms with van der Waals surface area (Å²) in [6, 6.07) is 3.87. The van der Waals surface area contributed by atoms with E-state index < -0.39 is 0 Å². The predicted octanol–water partition coefficient (Wildman–Crippen LogP) is 4.21. The van der Waals surface area contributed by atoms with Gasteiger partial charge in [0, 0.05) is 6.07 Å². The number of nitrogens with zero attached hydrogens (tertiary/aromatic N) is 1. The first-order chi connectivity index (χ1) is 8.56. The summed E-state index contributed by atoms with van der Waals surface area (Å²) in [7, 11) is 3.31. The van der Waals surface area contributed by atoms with E-state index in [-0.39, 0.29) is 0 Å². The standard InChI is InChI=1S/C13H14BrNO2S/c1-7-5-9(16-3)6-10(17-4)11(7)13-15-8(2)12(14)18-13/h5-6H,1-4H3. The molecule has 1 aromatic heterocycles. The van der Waals surface area contributed by atoms with Crippen molar-refractivity contribution < 1.29 is 9.47 Å². The molecular formula is C13H14BrNO2S. The summed E-state index contributed by atoms with van der Waals surface area (Å²) in [6.07, 6.45) is 0. The van der Waals surface area contributed by atoms with Crippen molar-refractivity contribution >= 4 is 27.3 Å². The van der Waals surface area contributed by atoms with Crippen molar-refractivity contribution in [3.8, 4) is 22.1 Å². The maximum atomic E-state index is 5.44. The fourth-order valence-electron chi connectivity index (χ4n) is 1.76. The first-order valence-corrected chi connectivity index (χ1v) is 7.03. The van der Waals surface area contributed by atoms with Gasteiger partial charge in [0.1, 0.15) is 16.5 Å². The molecule has 0 aliphatic heterocycles. The molecule has 0 unspecified atom stereocenters. The summed E-state index contributed by atoms with van der Waals surface area (Å²) < 4.78 is 11.7. The summed E-state index contributed by atoms with van der Waals surface area (Å²) in [4.78, 5) is 4.56. The maximum Gasteiger partial charge on any atom is 0.133 e. The summed E-state index contributed by atoms with van der Waals surface area (Å²) in [5, 5.41) is 0.955. The second kappa shape index (κ2) is 5.28. The number of thiazole rings is 1. The lowest BCUT2D eigenvalue weighted by Crippen LogP contribution is -1.93. The number of benzene rings is 1. The fraction of sp³-hybridized carbons (Fsp3) is 0.308. The molecule has 1 heterocycles. The monoisotopic (exact) mass is 327 g/mol. The van der Waals surface area contributed by atoms with Gasteiger partial charge >= 0.3 is 0 Å². The van der Waals surface area contributed by atoms with E-state index in [4.69, 9.17) is 9.47 Å². The van der Waals surface area contributed by atoms with Crippen molar-refractivity contribution in [2.24, 2.45) is 0 Å². The Labute approximate surface area is 119 Å². The Morgan fingerprint density at radius 2 is 1.89 bits per heavy atom. The van der Waals surface area contributed by atoms with Crippen LogP contribution in [0.1, 0.15) is 11.3 Å². The van der Waals surface area contributed by atoms with E-state index in [1.807, 2.05) is 26.0 Å². The van der Waals surface area contributed by atoms with Crippen molar-refractivity contribution in [2.75, 3.05) is 14.2 Å². The van der Waals surface area contributed by atoms with Crippen molar-refractivity contribution in [2.45, 2.75) is 13.8 Å². The van der Waals surface area contributed by atoms with Gasteiger partial charge in [0.05, 0.1) is 29.3 Å². The van der Waals surface area contributed by atoms with Crippen molar-refractivity contribution in [3.63, 3.8) is 0 Å². The first kappa shape index (κ1) is 13.4. The lowest BCUT2D eigenvalue weighted by Gasteiger charge is -2.11. The Hall–Kier alpha value is -1.07. The maximum absolute atomic E-state index is 5.44. The Morgan fingerprint density at radius 1 is 1.17 bits per heavy atom. The number of aryl methyl sites for hydroxylation is 2. The molecule has 0 radical (unpaired) electrons. The van der Waals surface area contributed by atoms with Crippen LogP contribution in [-0.4, -0.2) is 19.2 Å². The molecule has 0 saturated heterocycles. The van der Waals surface area contributed by atoms with Crippen molar-refractivity contribution in [1.82, 2.24) is 4.98 Å². The molecule has 18 heavy (non-hydrogen) atoms. The number of aromatic nitrogens is 1. The van der Waals surface area contributed by atoms with Crippen LogP contribution in [0, 0.1) is 13.8 Å². The van der Waals surface area contributed by atoms with Crippen LogP contribution in [-0.2, 0) is 0 Å². The Balaban J connectivity index is 2.62. The number of ether oxygens (including phenoxy) is 2. The van der Waals surface area contributed by atoms with E-state index in [2.05, 4.69) is 20.9 Å². The highest BCUT2D eigenvalue weighted by Gasteiger charge is 2.16. The van der Waals surface area contributed by atoms with Crippen LogP contribution in [0.3, 0.4) is 0 Å². The lowest BCUT2D eigenvalue weighted by atomic mass is 10.1. The molecule has 0 bridgehead atoms. The average molecular weight is 328 g/mol. The number of halogens is 1. The molecule has 0 aliphatic carbocycles. The zero-order valence-electron chi connectivity index (χ0n) is 10.7. The number of hydrogen-bond donors (Lipinski definition) is 0. The average Bonchev–Trinajstić information content (AvgIpc) is 2.67. The van der Waals surface area contributed by atoms with E-state index in [1.165, 1.54) is 0 Å². The van der Waals surface area contributed by atoms with E-state index in [0.29, 0.717) is 0 Å². The Kier molecular flexibility index (Phi) is 3.92. The van der Waals surface area contributed by atoms with Crippen molar-refractivity contribution in [3.05, 3.63) is 27.2 Å². The smallest absolute Gasteiger partial charge is 0.133 e. The molecule has 0 atom stereocenters. The first-order valence-electron chi connectivity index (χ1n) is 5.42. The van der Waals surface area contributed by atoms with Crippen LogP contribution < -0.4 is 9.47 Å². The molecule has 96 valence electrons. The second-order valence-corrected chi connectivity index (χ2v) is 6.22. The van der Waals surface area contributed by atoms with Crippen LogP contribution in [0.15, 0.2) is 15.9 Å². The van der Waals surface area contributed by atoms with Crippen LogP contribution in [0.2, 0.25) is 0 Å².